The molecule has 2 aromatic heterocycles. The number of rotatable bonds is 2. The van der Waals surface area contributed by atoms with Gasteiger partial charge in [-0.2, -0.15) is 0 Å². The van der Waals surface area contributed by atoms with Gasteiger partial charge in [-0.1, -0.05) is 29.8 Å². The van der Waals surface area contributed by atoms with E-state index < -0.39 is 0 Å². The lowest BCUT2D eigenvalue weighted by Gasteiger charge is -2.07. The van der Waals surface area contributed by atoms with E-state index in [-0.39, 0.29) is 0 Å². The minimum atomic E-state index is 0.728. The number of halogens is 1. The fraction of sp³-hybridized carbons (Fsp3) is 0. The number of pyridine rings is 2. The van der Waals surface area contributed by atoms with Crippen LogP contribution in [0.2, 0.25) is 5.02 Å². The summed E-state index contributed by atoms with van der Waals surface area (Å²) < 4.78 is 0. The standard InChI is InChI=1S/C20H12ClN2/c21-18-9-2-1-8-17(18)15-5-3-6-16(13-15)19-11-10-14-7-4-12-22-20(14)23-19/h1-2,4-13H. The summed E-state index contributed by atoms with van der Waals surface area (Å²) in [4.78, 5) is 8.96. The molecule has 2 heterocycles. The Kier molecular flexibility index (Phi) is 3.52. The second kappa shape index (κ2) is 5.82. The number of nitrogens with zero attached hydrogens (tertiary/aromatic N) is 2. The van der Waals surface area contributed by atoms with Crippen LogP contribution in [0.1, 0.15) is 0 Å². The second-order valence-corrected chi connectivity index (χ2v) is 5.64. The van der Waals surface area contributed by atoms with E-state index in [0.717, 1.165) is 38.4 Å². The van der Waals surface area contributed by atoms with E-state index in [9.17, 15) is 0 Å². The molecule has 0 saturated heterocycles. The maximum atomic E-state index is 6.30. The van der Waals surface area contributed by atoms with Crippen molar-refractivity contribution in [1.82, 2.24) is 9.97 Å². The molecule has 0 N–H and O–H groups in total. The Labute approximate surface area is 139 Å². The summed E-state index contributed by atoms with van der Waals surface area (Å²) in [7, 11) is 0. The third-order valence-electron chi connectivity index (χ3n) is 3.73. The van der Waals surface area contributed by atoms with E-state index in [1.54, 1.807) is 6.20 Å². The van der Waals surface area contributed by atoms with Gasteiger partial charge in [0.2, 0.25) is 0 Å². The monoisotopic (exact) mass is 315 g/mol. The average molecular weight is 316 g/mol. The summed E-state index contributed by atoms with van der Waals surface area (Å²) in [6.07, 6.45) is 1.76. The van der Waals surface area contributed by atoms with Crippen molar-refractivity contribution < 1.29 is 0 Å². The lowest BCUT2D eigenvalue weighted by Crippen LogP contribution is -1.88. The number of hydrogen-bond donors (Lipinski definition) is 0. The van der Waals surface area contributed by atoms with Gasteiger partial charge in [0.05, 0.1) is 5.69 Å². The second-order valence-electron chi connectivity index (χ2n) is 5.24. The molecular weight excluding hydrogens is 304 g/mol. The minimum Gasteiger partial charge on any atom is -0.237 e. The lowest BCUT2D eigenvalue weighted by molar-refractivity contribution is 1.29. The molecular formula is C20H12ClN2. The Morgan fingerprint density at radius 2 is 1.74 bits per heavy atom. The normalized spacial score (nSPS) is 10.8. The van der Waals surface area contributed by atoms with E-state index >= 15 is 0 Å². The predicted molar refractivity (Wildman–Crippen MR) is 94.3 cm³/mol. The van der Waals surface area contributed by atoms with Crippen LogP contribution in [-0.2, 0) is 0 Å². The first-order chi connectivity index (χ1) is 11.3. The molecule has 0 atom stereocenters. The fourth-order valence-electron chi connectivity index (χ4n) is 2.58. The molecule has 0 aliphatic heterocycles. The van der Waals surface area contributed by atoms with Gasteiger partial charge in [-0.05, 0) is 60.2 Å². The highest BCUT2D eigenvalue weighted by Crippen LogP contribution is 2.30. The minimum absolute atomic E-state index is 0.728. The van der Waals surface area contributed by atoms with Crippen LogP contribution in [0.4, 0.5) is 0 Å². The Morgan fingerprint density at radius 1 is 0.870 bits per heavy atom. The summed E-state index contributed by atoms with van der Waals surface area (Å²) in [5.41, 5.74) is 4.63. The van der Waals surface area contributed by atoms with Gasteiger partial charge in [0.1, 0.15) is 0 Å². The quantitative estimate of drug-likeness (QED) is 0.494. The molecule has 109 valence electrons. The van der Waals surface area contributed by atoms with Gasteiger partial charge in [0, 0.05) is 27.7 Å². The van der Waals surface area contributed by atoms with Crippen molar-refractivity contribution in [3.63, 3.8) is 0 Å². The number of benzene rings is 2. The zero-order valence-corrected chi connectivity index (χ0v) is 13.0. The number of aromatic nitrogens is 2. The molecule has 3 heteroatoms. The fourth-order valence-corrected chi connectivity index (χ4v) is 2.83. The van der Waals surface area contributed by atoms with Crippen molar-refractivity contribution in [3.8, 4) is 22.4 Å². The first-order valence-corrected chi connectivity index (χ1v) is 7.67. The van der Waals surface area contributed by atoms with Crippen LogP contribution in [-0.4, -0.2) is 9.97 Å². The summed E-state index contributed by atoms with van der Waals surface area (Å²) in [5.74, 6) is 0. The maximum Gasteiger partial charge on any atom is 0.159 e. The number of hydrogen-bond acceptors (Lipinski definition) is 2. The molecule has 0 bridgehead atoms. The van der Waals surface area contributed by atoms with Crippen LogP contribution >= 0.6 is 11.6 Å². The third-order valence-corrected chi connectivity index (χ3v) is 4.06. The topological polar surface area (TPSA) is 25.8 Å². The first-order valence-electron chi connectivity index (χ1n) is 7.29. The zero-order valence-electron chi connectivity index (χ0n) is 12.2. The van der Waals surface area contributed by atoms with Crippen LogP contribution < -0.4 is 0 Å². The van der Waals surface area contributed by atoms with Crippen molar-refractivity contribution in [2.75, 3.05) is 0 Å². The van der Waals surface area contributed by atoms with Crippen LogP contribution in [0.5, 0.6) is 0 Å². The maximum absolute atomic E-state index is 6.30. The van der Waals surface area contributed by atoms with E-state index in [1.165, 1.54) is 0 Å². The summed E-state index contributed by atoms with van der Waals surface area (Å²) >= 11 is 6.30. The third kappa shape index (κ3) is 2.69. The van der Waals surface area contributed by atoms with Crippen LogP contribution in [0.3, 0.4) is 0 Å². The van der Waals surface area contributed by atoms with Crippen molar-refractivity contribution in [1.29, 1.82) is 0 Å². The highest BCUT2D eigenvalue weighted by molar-refractivity contribution is 6.33. The van der Waals surface area contributed by atoms with E-state index in [2.05, 4.69) is 22.1 Å². The highest BCUT2D eigenvalue weighted by Gasteiger charge is 2.06. The average Bonchev–Trinajstić information content (AvgIpc) is 2.62. The Morgan fingerprint density at radius 3 is 2.65 bits per heavy atom. The molecule has 0 saturated carbocycles. The molecule has 1 radical (unpaired) electrons. The first kappa shape index (κ1) is 13.9. The van der Waals surface area contributed by atoms with Gasteiger partial charge < -0.3 is 0 Å². The van der Waals surface area contributed by atoms with E-state index in [0.29, 0.717) is 0 Å². The van der Waals surface area contributed by atoms with Crippen molar-refractivity contribution in [2.24, 2.45) is 0 Å². The van der Waals surface area contributed by atoms with Gasteiger partial charge in [-0.15, -0.1) is 0 Å². The summed E-state index contributed by atoms with van der Waals surface area (Å²) in [6, 6.07) is 24.9. The van der Waals surface area contributed by atoms with Crippen molar-refractivity contribution in [2.45, 2.75) is 0 Å². The molecule has 4 aromatic rings. The predicted octanol–water partition coefficient (Wildman–Crippen LogP) is 5.42. The van der Waals surface area contributed by atoms with Gasteiger partial charge in [-0.25, -0.2) is 9.97 Å². The summed E-state index contributed by atoms with van der Waals surface area (Å²) in [5, 5.41) is 1.76. The zero-order chi connectivity index (χ0) is 15.6. The van der Waals surface area contributed by atoms with Crippen LogP contribution in [0.15, 0.2) is 72.9 Å². The van der Waals surface area contributed by atoms with E-state index in [1.807, 2.05) is 60.7 Å². The van der Waals surface area contributed by atoms with Crippen molar-refractivity contribution >= 4 is 22.6 Å². The van der Waals surface area contributed by atoms with E-state index in [4.69, 9.17) is 11.6 Å². The highest BCUT2D eigenvalue weighted by atomic mass is 35.5. The largest absolute Gasteiger partial charge is 0.237 e. The molecule has 2 aromatic carbocycles. The SMILES string of the molecule is Clc1ccccc1-c1c[c]cc(-c2ccc3cccnc3n2)c1. The van der Waals surface area contributed by atoms with Crippen LogP contribution in [0.25, 0.3) is 33.4 Å². The molecule has 0 amide bonds. The van der Waals surface area contributed by atoms with Gasteiger partial charge in [-0.3, -0.25) is 0 Å². The Balaban J connectivity index is 1.83. The molecule has 0 spiro atoms. The molecule has 4 rings (SSSR count). The lowest BCUT2D eigenvalue weighted by atomic mass is 10.0. The van der Waals surface area contributed by atoms with Gasteiger partial charge in [0.25, 0.3) is 0 Å². The van der Waals surface area contributed by atoms with Gasteiger partial charge >= 0.3 is 0 Å². The molecule has 0 unspecified atom stereocenters. The summed E-state index contributed by atoms with van der Waals surface area (Å²) in [6.45, 7) is 0. The Bertz CT molecular complexity index is 995. The Hall–Kier alpha value is -2.71. The molecule has 0 aliphatic rings. The molecule has 2 nitrogen and oxygen atoms in total. The molecule has 0 fully saturated rings. The molecule has 0 aliphatic carbocycles. The van der Waals surface area contributed by atoms with Crippen LogP contribution in [0, 0.1) is 6.07 Å². The number of fused-ring (bicyclic) bond motifs is 1. The van der Waals surface area contributed by atoms with Gasteiger partial charge in [0.15, 0.2) is 5.65 Å². The van der Waals surface area contributed by atoms with Crippen molar-refractivity contribution in [3.05, 3.63) is 84.0 Å². The smallest absolute Gasteiger partial charge is 0.159 e. The molecule has 23 heavy (non-hydrogen) atoms.